The van der Waals surface area contributed by atoms with Crippen LogP contribution in [0.4, 0.5) is 5.82 Å². The quantitative estimate of drug-likeness (QED) is 0.845. The Morgan fingerprint density at radius 2 is 2.20 bits per heavy atom. The first kappa shape index (κ1) is 13.3. The van der Waals surface area contributed by atoms with E-state index in [1.807, 2.05) is 6.92 Å². The van der Waals surface area contributed by atoms with Gasteiger partial charge in [-0.15, -0.1) is 10.2 Å². The zero-order chi connectivity index (χ0) is 13.9. The summed E-state index contributed by atoms with van der Waals surface area (Å²) in [6, 6.07) is 3.59. The van der Waals surface area contributed by atoms with Crippen LogP contribution in [0.5, 0.6) is 0 Å². The molecule has 3 rings (SSSR count). The van der Waals surface area contributed by atoms with E-state index in [0.717, 1.165) is 19.6 Å². The molecule has 0 spiro atoms. The van der Waals surface area contributed by atoms with Crippen LogP contribution in [-0.4, -0.2) is 41.4 Å². The van der Waals surface area contributed by atoms with Crippen molar-refractivity contribution in [3.05, 3.63) is 17.8 Å². The van der Waals surface area contributed by atoms with Crippen LogP contribution in [-0.2, 0) is 4.74 Å². The summed E-state index contributed by atoms with van der Waals surface area (Å²) in [5.41, 5.74) is 0.355. The van der Waals surface area contributed by atoms with E-state index in [1.165, 1.54) is 12.8 Å². The predicted molar refractivity (Wildman–Crippen MR) is 74.5 cm³/mol. The van der Waals surface area contributed by atoms with Gasteiger partial charge in [-0.1, -0.05) is 0 Å². The number of amides is 1. The van der Waals surface area contributed by atoms with Crippen molar-refractivity contribution in [3.8, 4) is 0 Å². The van der Waals surface area contributed by atoms with E-state index in [1.54, 1.807) is 12.1 Å². The molecule has 0 bridgehead atoms. The Labute approximate surface area is 118 Å². The van der Waals surface area contributed by atoms with E-state index in [9.17, 15) is 4.79 Å². The molecule has 20 heavy (non-hydrogen) atoms. The number of ether oxygens (including phenoxy) is 1. The summed E-state index contributed by atoms with van der Waals surface area (Å²) in [6.45, 7) is 3.50. The molecule has 2 heterocycles. The molecule has 2 aliphatic rings. The van der Waals surface area contributed by atoms with E-state index < -0.39 is 0 Å². The van der Waals surface area contributed by atoms with E-state index in [4.69, 9.17) is 4.74 Å². The van der Waals surface area contributed by atoms with Crippen molar-refractivity contribution in [2.45, 2.75) is 38.3 Å². The first-order valence-corrected chi connectivity index (χ1v) is 7.28. The summed E-state index contributed by atoms with van der Waals surface area (Å²) in [5.74, 6) is 1.15. The Kier molecular flexibility index (Phi) is 3.82. The third kappa shape index (κ3) is 2.90. The molecule has 2 N–H and O–H groups in total. The van der Waals surface area contributed by atoms with E-state index in [-0.39, 0.29) is 18.1 Å². The zero-order valence-corrected chi connectivity index (χ0v) is 11.6. The second-order valence-corrected chi connectivity index (χ2v) is 5.38. The molecule has 1 amide bonds. The van der Waals surface area contributed by atoms with Gasteiger partial charge in [0.05, 0.1) is 12.1 Å². The SMILES string of the molecule is CCNc1ccc(C(=O)NC2CCOC2C2CC2)nn1. The summed E-state index contributed by atoms with van der Waals surface area (Å²) < 4.78 is 5.72. The van der Waals surface area contributed by atoms with Gasteiger partial charge in [-0.2, -0.15) is 0 Å². The van der Waals surface area contributed by atoms with Crippen LogP contribution < -0.4 is 10.6 Å². The molecular weight excluding hydrogens is 256 g/mol. The molecule has 6 nitrogen and oxygen atoms in total. The summed E-state index contributed by atoms with van der Waals surface area (Å²) in [5, 5.41) is 14.0. The molecule has 108 valence electrons. The van der Waals surface area contributed by atoms with Crippen LogP contribution in [0.15, 0.2) is 12.1 Å². The number of anilines is 1. The summed E-state index contributed by atoms with van der Waals surface area (Å²) in [6.07, 6.45) is 3.51. The fourth-order valence-corrected chi connectivity index (χ4v) is 2.63. The number of rotatable bonds is 5. The number of carbonyl (C=O) groups is 1. The Hall–Kier alpha value is -1.69. The van der Waals surface area contributed by atoms with Crippen molar-refractivity contribution in [2.75, 3.05) is 18.5 Å². The monoisotopic (exact) mass is 276 g/mol. The minimum Gasteiger partial charge on any atom is -0.376 e. The molecule has 1 aromatic rings. The maximum atomic E-state index is 12.2. The highest BCUT2D eigenvalue weighted by Gasteiger charge is 2.41. The molecule has 6 heteroatoms. The number of hydrogen-bond donors (Lipinski definition) is 2. The molecule has 1 aliphatic carbocycles. The number of carbonyl (C=O) groups excluding carboxylic acids is 1. The Morgan fingerprint density at radius 3 is 2.85 bits per heavy atom. The van der Waals surface area contributed by atoms with Crippen LogP contribution >= 0.6 is 0 Å². The van der Waals surface area contributed by atoms with Gasteiger partial charge in [0.2, 0.25) is 0 Å². The molecule has 2 atom stereocenters. The van der Waals surface area contributed by atoms with Crippen LogP contribution in [0, 0.1) is 5.92 Å². The summed E-state index contributed by atoms with van der Waals surface area (Å²) in [4.78, 5) is 12.2. The molecule has 0 radical (unpaired) electrons. The van der Waals surface area contributed by atoms with Crippen LogP contribution in [0.2, 0.25) is 0 Å². The average Bonchev–Trinajstić information content (AvgIpc) is 3.20. The first-order chi connectivity index (χ1) is 9.78. The highest BCUT2D eigenvalue weighted by Crippen LogP contribution is 2.38. The van der Waals surface area contributed by atoms with E-state index in [2.05, 4.69) is 20.8 Å². The van der Waals surface area contributed by atoms with E-state index >= 15 is 0 Å². The predicted octanol–water partition coefficient (Wildman–Crippen LogP) is 1.21. The minimum absolute atomic E-state index is 0.116. The fourth-order valence-electron chi connectivity index (χ4n) is 2.63. The lowest BCUT2D eigenvalue weighted by Gasteiger charge is -2.19. The first-order valence-electron chi connectivity index (χ1n) is 7.28. The van der Waals surface area contributed by atoms with E-state index in [0.29, 0.717) is 17.4 Å². The molecule has 2 unspecified atom stereocenters. The van der Waals surface area contributed by atoms with Crippen molar-refractivity contribution < 1.29 is 9.53 Å². The highest BCUT2D eigenvalue weighted by atomic mass is 16.5. The normalized spacial score (nSPS) is 25.4. The second kappa shape index (κ2) is 5.75. The number of hydrogen-bond acceptors (Lipinski definition) is 5. The van der Waals surface area contributed by atoms with Gasteiger partial charge in [0, 0.05) is 13.2 Å². The summed E-state index contributed by atoms with van der Waals surface area (Å²) in [7, 11) is 0. The topological polar surface area (TPSA) is 76.1 Å². The molecule has 1 saturated carbocycles. The maximum Gasteiger partial charge on any atom is 0.272 e. The fraction of sp³-hybridized carbons (Fsp3) is 0.643. The number of aromatic nitrogens is 2. The number of nitrogens with one attached hydrogen (secondary N) is 2. The third-order valence-electron chi connectivity index (χ3n) is 3.79. The Bertz CT molecular complexity index is 473. The lowest BCUT2D eigenvalue weighted by molar-refractivity contribution is 0.0727. The van der Waals surface area contributed by atoms with Crippen molar-refractivity contribution in [1.82, 2.24) is 15.5 Å². The molecule has 0 aromatic carbocycles. The lowest BCUT2D eigenvalue weighted by Crippen LogP contribution is -2.41. The lowest BCUT2D eigenvalue weighted by atomic mass is 10.1. The van der Waals surface area contributed by atoms with Crippen molar-refractivity contribution >= 4 is 11.7 Å². The van der Waals surface area contributed by atoms with Crippen LogP contribution in [0.1, 0.15) is 36.7 Å². The Morgan fingerprint density at radius 1 is 1.35 bits per heavy atom. The molecule has 1 saturated heterocycles. The van der Waals surface area contributed by atoms with Crippen molar-refractivity contribution in [3.63, 3.8) is 0 Å². The third-order valence-corrected chi connectivity index (χ3v) is 3.79. The van der Waals surface area contributed by atoms with Crippen molar-refractivity contribution in [1.29, 1.82) is 0 Å². The smallest absolute Gasteiger partial charge is 0.272 e. The van der Waals surface area contributed by atoms with Gasteiger partial charge in [0.1, 0.15) is 5.82 Å². The molecule has 1 aliphatic heterocycles. The largest absolute Gasteiger partial charge is 0.376 e. The zero-order valence-electron chi connectivity index (χ0n) is 11.6. The molecular formula is C14H20N4O2. The summed E-state index contributed by atoms with van der Waals surface area (Å²) >= 11 is 0. The van der Waals surface area contributed by atoms with Gasteiger partial charge < -0.3 is 15.4 Å². The number of nitrogens with zero attached hydrogens (tertiary/aromatic N) is 2. The highest BCUT2D eigenvalue weighted by molar-refractivity contribution is 5.92. The van der Waals surface area contributed by atoms with Crippen LogP contribution in [0.3, 0.4) is 0 Å². The standard InChI is InChI=1S/C14H20N4O2/c1-2-15-12-6-5-11(17-18-12)14(19)16-10-7-8-20-13(10)9-3-4-9/h5-6,9-10,13H,2-4,7-8H2,1H3,(H,15,18)(H,16,19). The average molecular weight is 276 g/mol. The van der Waals surface area contributed by atoms with Crippen LogP contribution in [0.25, 0.3) is 0 Å². The molecule has 2 fully saturated rings. The van der Waals surface area contributed by atoms with Gasteiger partial charge in [-0.3, -0.25) is 4.79 Å². The van der Waals surface area contributed by atoms with Gasteiger partial charge in [0.15, 0.2) is 5.69 Å². The second-order valence-electron chi connectivity index (χ2n) is 5.38. The molecule has 1 aromatic heterocycles. The van der Waals surface area contributed by atoms with Gasteiger partial charge >= 0.3 is 0 Å². The van der Waals surface area contributed by atoms with Crippen molar-refractivity contribution in [2.24, 2.45) is 5.92 Å². The van der Waals surface area contributed by atoms with Gasteiger partial charge in [0.25, 0.3) is 5.91 Å². The van der Waals surface area contributed by atoms with Gasteiger partial charge in [-0.25, -0.2) is 0 Å². The van der Waals surface area contributed by atoms with Gasteiger partial charge in [-0.05, 0) is 44.2 Å². The maximum absolute atomic E-state index is 12.2. The Balaban J connectivity index is 1.60. The minimum atomic E-state index is -0.165.